The highest BCUT2D eigenvalue weighted by atomic mass is 16.6. The van der Waals surface area contributed by atoms with Gasteiger partial charge in [-0.3, -0.25) is 0 Å². The van der Waals surface area contributed by atoms with E-state index in [2.05, 4.69) is 28.4 Å². The molecule has 1 heterocycles. The Kier molecular flexibility index (Phi) is 4.73. The molecule has 0 bridgehead atoms. The number of nitrogens with zero attached hydrogens (tertiary/aromatic N) is 1. The fraction of sp³-hybridized carbons (Fsp3) is 0.562. The van der Waals surface area contributed by atoms with E-state index >= 15 is 0 Å². The van der Waals surface area contributed by atoms with Crippen molar-refractivity contribution >= 4 is 11.8 Å². The summed E-state index contributed by atoms with van der Waals surface area (Å²) in [7, 11) is 0. The number of rotatable bonds is 4. The van der Waals surface area contributed by atoms with Gasteiger partial charge in [0.15, 0.2) is 0 Å². The average molecular weight is 291 g/mol. The van der Waals surface area contributed by atoms with Crippen LogP contribution in [-0.2, 0) is 11.2 Å². The molecule has 0 saturated heterocycles. The first kappa shape index (κ1) is 15.6. The number of carbonyl (C=O) groups excluding carboxylic acids is 1. The summed E-state index contributed by atoms with van der Waals surface area (Å²) in [6.45, 7) is 7.47. The van der Waals surface area contributed by atoms with Crippen LogP contribution in [0.1, 0.15) is 26.3 Å². The van der Waals surface area contributed by atoms with Gasteiger partial charge < -0.3 is 20.7 Å². The van der Waals surface area contributed by atoms with Crippen LogP contribution >= 0.6 is 0 Å². The number of amides is 1. The van der Waals surface area contributed by atoms with E-state index in [0.717, 1.165) is 13.0 Å². The third kappa shape index (κ3) is 4.11. The minimum atomic E-state index is -0.484. The quantitative estimate of drug-likeness (QED) is 0.889. The van der Waals surface area contributed by atoms with Gasteiger partial charge in [-0.15, -0.1) is 0 Å². The normalized spacial score (nSPS) is 15.5. The monoisotopic (exact) mass is 291 g/mol. The Balaban J connectivity index is 1.94. The van der Waals surface area contributed by atoms with E-state index in [9.17, 15) is 4.79 Å². The lowest BCUT2D eigenvalue weighted by molar-refractivity contribution is 0.0525. The lowest BCUT2D eigenvalue weighted by atomic mass is 10.1. The van der Waals surface area contributed by atoms with E-state index < -0.39 is 11.7 Å². The minimum absolute atomic E-state index is 0.0844. The van der Waals surface area contributed by atoms with Gasteiger partial charge in [0, 0.05) is 25.3 Å². The summed E-state index contributed by atoms with van der Waals surface area (Å²) in [6, 6.07) is 8.43. The summed E-state index contributed by atoms with van der Waals surface area (Å²) < 4.78 is 5.26. The number of carbonyl (C=O) groups is 1. The molecule has 1 aromatic rings. The number of para-hydroxylation sites is 1. The molecular weight excluding hydrogens is 266 g/mol. The molecule has 3 N–H and O–H groups in total. The number of hydrogen-bond acceptors (Lipinski definition) is 4. The van der Waals surface area contributed by atoms with Crippen LogP contribution in [0.4, 0.5) is 10.5 Å². The van der Waals surface area contributed by atoms with Crippen molar-refractivity contribution in [3.05, 3.63) is 29.8 Å². The van der Waals surface area contributed by atoms with Crippen molar-refractivity contribution in [2.45, 2.75) is 38.8 Å². The highest BCUT2D eigenvalue weighted by Gasteiger charge is 2.25. The zero-order valence-corrected chi connectivity index (χ0v) is 13.1. The molecule has 1 amide bonds. The molecule has 116 valence electrons. The fourth-order valence-electron chi connectivity index (χ4n) is 2.58. The summed E-state index contributed by atoms with van der Waals surface area (Å²) in [6.07, 6.45) is 0.632. The second-order valence-corrected chi connectivity index (χ2v) is 6.34. The lowest BCUT2D eigenvalue weighted by Gasteiger charge is -2.30. The van der Waals surface area contributed by atoms with Crippen molar-refractivity contribution in [2.75, 3.05) is 24.5 Å². The molecule has 0 aliphatic carbocycles. The summed E-state index contributed by atoms with van der Waals surface area (Å²) >= 11 is 0. The summed E-state index contributed by atoms with van der Waals surface area (Å²) in [4.78, 5) is 14.0. The fourth-order valence-corrected chi connectivity index (χ4v) is 2.58. The first-order valence-corrected chi connectivity index (χ1v) is 7.42. The zero-order valence-electron chi connectivity index (χ0n) is 13.1. The molecular formula is C16H25N3O2. The molecule has 1 aromatic carbocycles. The number of anilines is 1. The van der Waals surface area contributed by atoms with Gasteiger partial charge >= 0.3 is 6.09 Å². The van der Waals surface area contributed by atoms with Crippen LogP contribution in [0.15, 0.2) is 24.3 Å². The molecule has 1 aliphatic heterocycles. The van der Waals surface area contributed by atoms with Gasteiger partial charge in [0.25, 0.3) is 0 Å². The highest BCUT2D eigenvalue weighted by molar-refractivity contribution is 5.68. The summed E-state index contributed by atoms with van der Waals surface area (Å²) in [5.74, 6) is 0. The molecule has 1 aliphatic rings. The first-order valence-electron chi connectivity index (χ1n) is 7.42. The molecule has 0 radical (unpaired) electrons. The Labute approximate surface area is 126 Å². The smallest absolute Gasteiger partial charge is 0.407 e. The number of fused-ring (bicyclic) bond motifs is 1. The molecule has 0 fully saturated rings. The SMILES string of the molecule is CC(C)(C)OC(=O)NCC(CN)N1CCc2ccccc21. The maximum atomic E-state index is 11.7. The second-order valence-electron chi connectivity index (χ2n) is 6.34. The molecule has 0 spiro atoms. The Bertz CT molecular complexity index is 497. The van der Waals surface area contributed by atoms with Crippen LogP contribution < -0.4 is 16.0 Å². The molecule has 21 heavy (non-hydrogen) atoms. The largest absolute Gasteiger partial charge is 0.444 e. The summed E-state index contributed by atoms with van der Waals surface area (Å²) in [5.41, 5.74) is 7.97. The van der Waals surface area contributed by atoms with Gasteiger partial charge in [0.1, 0.15) is 5.60 Å². The van der Waals surface area contributed by atoms with Crippen molar-refractivity contribution in [2.24, 2.45) is 5.73 Å². The van der Waals surface area contributed by atoms with E-state index in [0.29, 0.717) is 13.1 Å². The lowest BCUT2D eigenvalue weighted by Crippen LogP contribution is -2.48. The van der Waals surface area contributed by atoms with Crippen LogP contribution in [0, 0.1) is 0 Å². The number of hydrogen-bond donors (Lipinski definition) is 2. The maximum absolute atomic E-state index is 11.7. The van der Waals surface area contributed by atoms with Crippen LogP contribution in [0.2, 0.25) is 0 Å². The Morgan fingerprint density at radius 3 is 2.81 bits per heavy atom. The van der Waals surface area contributed by atoms with E-state index in [1.54, 1.807) is 0 Å². The predicted octanol–water partition coefficient (Wildman–Crippen LogP) is 1.90. The zero-order chi connectivity index (χ0) is 15.5. The van der Waals surface area contributed by atoms with Crippen LogP contribution in [0.25, 0.3) is 0 Å². The van der Waals surface area contributed by atoms with E-state index in [4.69, 9.17) is 10.5 Å². The van der Waals surface area contributed by atoms with Crippen molar-refractivity contribution in [1.29, 1.82) is 0 Å². The Hall–Kier alpha value is -1.75. The first-order chi connectivity index (χ1) is 9.90. The van der Waals surface area contributed by atoms with Crippen molar-refractivity contribution < 1.29 is 9.53 Å². The predicted molar refractivity (Wildman–Crippen MR) is 84.6 cm³/mol. The third-order valence-corrected chi connectivity index (χ3v) is 3.52. The van der Waals surface area contributed by atoms with E-state index in [-0.39, 0.29) is 6.04 Å². The number of alkyl carbamates (subject to hydrolysis) is 1. The topological polar surface area (TPSA) is 67.6 Å². The molecule has 5 heteroatoms. The third-order valence-electron chi connectivity index (χ3n) is 3.52. The van der Waals surface area contributed by atoms with Gasteiger partial charge in [-0.05, 0) is 38.8 Å². The van der Waals surface area contributed by atoms with E-state index in [1.165, 1.54) is 11.3 Å². The van der Waals surface area contributed by atoms with Gasteiger partial charge in [-0.1, -0.05) is 18.2 Å². The Morgan fingerprint density at radius 1 is 1.43 bits per heavy atom. The summed E-state index contributed by atoms with van der Waals surface area (Å²) in [5, 5.41) is 2.82. The number of benzene rings is 1. The molecule has 1 atom stereocenters. The van der Waals surface area contributed by atoms with Crippen LogP contribution in [0.5, 0.6) is 0 Å². The second kappa shape index (κ2) is 6.35. The minimum Gasteiger partial charge on any atom is -0.444 e. The van der Waals surface area contributed by atoms with Crippen LogP contribution in [-0.4, -0.2) is 37.4 Å². The highest BCUT2D eigenvalue weighted by Crippen LogP contribution is 2.28. The van der Waals surface area contributed by atoms with Gasteiger partial charge in [-0.2, -0.15) is 0 Å². The maximum Gasteiger partial charge on any atom is 0.407 e. The number of ether oxygens (including phenoxy) is 1. The number of nitrogens with one attached hydrogen (secondary N) is 1. The van der Waals surface area contributed by atoms with Crippen LogP contribution in [0.3, 0.4) is 0 Å². The molecule has 0 aromatic heterocycles. The Morgan fingerprint density at radius 2 is 2.14 bits per heavy atom. The van der Waals surface area contributed by atoms with Crippen molar-refractivity contribution in [3.63, 3.8) is 0 Å². The molecule has 2 rings (SSSR count). The van der Waals surface area contributed by atoms with Crippen molar-refractivity contribution in [1.82, 2.24) is 5.32 Å². The number of nitrogens with two attached hydrogens (primary N) is 1. The standard InChI is InChI=1S/C16H25N3O2/c1-16(2,3)21-15(20)18-11-13(10-17)19-9-8-12-6-4-5-7-14(12)19/h4-7,13H,8-11,17H2,1-3H3,(H,18,20). The van der Waals surface area contributed by atoms with Gasteiger partial charge in [0.05, 0.1) is 6.04 Å². The van der Waals surface area contributed by atoms with Gasteiger partial charge in [0.2, 0.25) is 0 Å². The average Bonchev–Trinajstić information content (AvgIpc) is 2.82. The van der Waals surface area contributed by atoms with Gasteiger partial charge in [-0.25, -0.2) is 4.79 Å². The molecule has 1 unspecified atom stereocenters. The van der Waals surface area contributed by atoms with E-state index in [1.807, 2.05) is 26.8 Å². The molecule has 0 saturated carbocycles. The van der Waals surface area contributed by atoms with Crippen molar-refractivity contribution in [3.8, 4) is 0 Å². The molecule has 5 nitrogen and oxygen atoms in total.